The van der Waals surface area contributed by atoms with Crippen molar-refractivity contribution in [2.45, 2.75) is 0 Å². The van der Waals surface area contributed by atoms with E-state index in [9.17, 15) is 9.59 Å². The molecule has 1 aromatic rings. The summed E-state index contributed by atoms with van der Waals surface area (Å²) in [5.74, 6) is -1.66. The molecule has 108 valence electrons. The van der Waals surface area contributed by atoms with Crippen LogP contribution in [0.3, 0.4) is 0 Å². The van der Waals surface area contributed by atoms with Gasteiger partial charge in [0.05, 0.1) is 17.8 Å². The van der Waals surface area contributed by atoms with E-state index in [0.29, 0.717) is 22.2 Å². The minimum Gasteiger partial charge on any atom is -0.383 e. The molecule has 2 N–H and O–H groups in total. The van der Waals surface area contributed by atoms with Gasteiger partial charge in [-0.2, -0.15) is 5.10 Å². The van der Waals surface area contributed by atoms with Gasteiger partial charge in [-0.25, -0.2) is 5.43 Å². The first kappa shape index (κ1) is 16.4. The number of carbonyl (C=O) groups is 2. The fraction of sp³-hybridized carbons (Fsp3) is 0.250. The normalized spacial score (nSPS) is 10.6. The first-order valence-corrected chi connectivity index (χ1v) is 6.35. The molecule has 6 nitrogen and oxygen atoms in total. The summed E-state index contributed by atoms with van der Waals surface area (Å²) in [7, 11) is 1.49. The minimum atomic E-state index is -0.873. The van der Waals surface area contributed by atoms with E-state index in [0.717, 1.165) is 0 Å². The molecule has 0 aromatic heterocycles. The van der Waals surface area contributed by atoms with Gasteiger partial charge in [0.2, 0.25) is 0 Å². The highest BCUT2D eigenvalue weighted by molar-refractivity contribution is 6.36. The van der Waals surface area contributed by atoms with Gasteiger partial charge in [-0.05, 0) is 12.1 Å². The second-order valence-corrected chi connectivity index (χ2v) is 4.46. The lowest BCUT2D eigenvalue weighted by molar-refractivity contribution is -0.139. The molecule has 1 aromatic carbocycles. The van der Waals surface area contributed by atoms with Crippen LogP contribution in [0.1, 0.15) is 5.56 Å². The second-order valence-electron chi connectivity index (χ2n) is 3.61. The number of methoxy groups -OCH3 is 1. The van der Waals surface area contributed by atoms with Gasteiger partial charge in [-0.3, -0.25) is 9.59 Å². The number of rotatable bonds is 5. The molecule has 0 heterocycles. The zero-order valence-corrected chi connectivity index (χ0v) is 12.2. The number of benzene rings is 1. The molecular formula is C12H13Cl2N3O3. The van der Waals surface area contributed by atoms with Crippen molar-refractivity contribution in [3.63, 3.8) is 0 Å². The molecule has 0 saturated heterocycles. The zero-order chi connectivity index (χ0) is 15.0. The van der Waals surface area contributed by atoms with Crippen molar-refractivity contribution in [2.75, 3.05) is 20.3 Å². The van der Waals surface area contributed by atoms with Crippen LogP contribution >= 0.6 is 23.2 Å². The number of hydrogen-bond donors (Lipinski definition) is 2. The Hall–Kier alpha value is -1.63. The summed E-state index contributed by atoms with van der Waals surface area (Å²) in [5.41, 5.74) is 2.65. The number of carbonyl (C=O) groups excluding carboxylic acids is 2. The van der Waals surface area contributed by atoms with E-state index < -0.39 is 11.8 Å². The Labute approximate surface area is 126 Å². The predicted molar refractivity (Wildman–Crippen MR) is 77.1 cm³/mol. The van der Waals surface area contributed by atoms with Gasteiger partial charge in [-0.15, -0.1) is 0 Å². The lowest BCUT2D eigenvalue weighted by atomic mass is 10.2. The Morgan fingerprint density at radius 2 is 2.10 bits per heavy atom. The van der Waals surface area contributed by atoms with E-state index in [1.807, 2.05) is 0 Å². The van der Waals surface area contributed by atoms with E-state index >= 15 is 0 Å². The Morgan fingerprint density at radius 3 is 2.75 bits per heavy atom. The smallest absolute Gasteiger partial charge is 0.329 e. The van der Waals surface area contributed by atoms with E-state index in [2.05, 4.69) is 15.8 Å². The average molecular weight is 318 g/mol. The van der Waals surface area contributed by atoms with Crippen molar-refractivity contribution < 1.29 is 14.3 Å². The summed E-state index contributed by atoms with van der Waals surface area (Å²) >= 11 is 11.7. The molecule has 0 aliphatic carbocycles. The third-order valence-electron chi connectivity index (χ3n) is 2.13. The van der Waals surface area contributed by atoms with E-state index in [-0.39, 0.29) is 6.54 Å². The number of hydrazone groups is 1. The fourth-order valence-electron chi connectivity index (χ4n) is 1.16. The molecule has 0 aliphatic heterocycles. The summed E-state index contributed by atoms with van der Waals surface area (Å²) in [6, 6.07) is 4.82. The number of amides is 2. The van der Waals surface area contributed by atoms with Crippen LogP contribution in [0.15, 0.2) is 23.3 Å². The lowest BCUT2D eigenvalue weighted by Gasteiger charge is -2.02. The van der Waals surface area contributed by atoms with E-state index in [1.165, 1.54) is 13.3 Å². The molecule has 0 unspecified atom stereocenters. The zero-order valence-electron chi connectivity index (χ0n) is 10.7. The molecule has 0 fully saturated rings. The topological polar surface area (TPSA) is 79.8 Å². The summed E-state index contributed by atoms with van der Waals surface area (Å²) in [4.78, 5) is 22.6. The molecular weight excluding hydrogens is 305 g/mol. The Balaban J connectivity index is 2.47. The summed E-state index contributed by atoms with van der Waals surface area (Å²) in [6.07, 6.45) is 1.32. The van der Waals surface area contributed by atoms with Crippen LogP contribution in [0.4, 0.5) is 0 Å². The van der Waals surface area contributed by atoms with Gasteiger partial charge >= 0.3 is 11.8 Å². The van der Waals surface area contributed by atoms with Crippen molar-refractivity contribution in [3.8, 4) is 0 Å². The Morgan fingerprint density at radius 1 is 1.35 bits per heavy atom. The number of ether oxygens (including phenoxy) is 1. The molecule has 0 spiro atoms. The predicted octanol–water partition coefficient (Wildman–Crippen LogP) is 1.21. The molecule has 20 heavy (non-hydrogen) atoms. The van der Waals surface area contributed by atoms with Crippen LogP contribution in [0.25, 0.3) is 0 Å². The van der Waals surface area contributed by atoms with Gasteiger partial charge in [-0.1, -0.05) is 29.3 Å². The molecule has 0 aliphatic rings. The van der Waals surface area contributed by atoms with Crippen LogP contribution in [0.2, 0.25) is 10.0 Å². The number of nitrogens with zero attached hydrogens (tertiary/aromatic N) is 1. The van der Waals surface area contributed by atoms with Crippen LogP contribution in [-0.4, -0.2) is 38.3 Å². The van der Waals surface area contributed by atoms with Crippen LogP contribution in [0.5, 0.6) is 0 Å². The summed E-state index contributed by atoms with van der Waals surface area (Å²) in [6.45, 7) is 0.568. The minimum absolute atomic E-state index is 0.246. The van der Waals surface area contributed by atoms with Crippen molar-refractivity contribution in [1.82, 2.24) is 10.7 Å². The van der Waals surface area contributed by atoms with Crippen LogP contribution in [0, 0.1) is 0 Å². The molecule has 0 atom stereocenters. The first-order valence-electron chi connectivity index (χ1n) is 5.60. The highest BCUT2D eigenvalue weighted by atomic mass is 35.5. The molecule has 0 saturated carbocycles. The highest BCUT2D eigenvalue weighted by Gasteiger charge is 2.11. The largest absolute Gasteiger partial charge is 0.383 e. The molecule has 0 radical (unpaired) electrons. The number of nitrogens with one attached hydrogen (secondary N) is 2. The average Bonchev–Trinajstić information content (AvgIpc) is 2.41. The maximum atomic E-state index is 11.3. The highest BCUT2D eigenvalue weighted by Crippen LogP contribution is 2.19. The molecule has 1 rings (SSSR count). The van der Waals surface area contributed by atoms with E-state index in [1.54, 1.807) is 18.2 Å². The SMILES string of the molecule is COCCNC(=O)C(=O)NN=Cc1ccc(Cl)cc1Cl. The maximum Gasteiger partial charge on any atom is 0.329 e. The summed E-state index contributed by atoms with van der Waals surface area (Å²) in [5, 5.41) is 6.88. The Kier molecular flexibility index (Phi) is 7.00. The fourth-order valence-corrected chi connectivity index (χ4v) is 1.62. The van der Waals surface area contributed by atoms with E-state index in [4.69, 9.17) is 27.9 Å². The standard InChI is InChI=1S/C12H13Cl2N3O3/c1-20-5-4-15-11(18)12(19)17-16-7-8-2-3-9(13)6-10(8)14/h2-3,6-7H,4-5H2,1H3,(H,15,18)(H,17,19). The van der Waals surface area contributed by atoms with Gasteiger partial charge in [0.1, 0.15) is 0 Å². The second kappa shape index (κ2) is 8.52. The monoisotopic (exact) mass is 317 g/mol. The number of hydrogen-bond acceptors (Lipinski definition) is 4. The lowest BCUT2D eigenvalue weighted by Crippen LogP contribution is -2.39. The third-order valence-corrected chi connectivity index (χ3v) is 2.69. The van der Waals surface area contributed by atoms with Gasteiger partial charge in [0, 0.05) is 24.2 Å². The first-order chi connectivity index (χ1) is 9.54. The van der Waals surface area contributed by atoms with Crippen LogP contribution < -0.4 is 10.7 Å². The van der Waals surface area contributed by atoms with Crippen molar-refractivity contribution in [2.24, 2.45) is 5.10 Å². The van der Waals surface area contributed by atoms with Gasteiger partial charge in [0.25, 0.3) is 0 Å². The molecule has 8 heteroatoms. The van der Waals surface area contributed by atoms with Gasteiger partial charge < -0.3 is 10.1 Å². The maximum absolute atomic E-state index is 11.3. The Bertz CT molecular complexity index is 521. The quantitative estimate of drug-likeness (QED) is 0.371. The van der Waals surface area contributed by atoms with Crippen molar-refractivity contribution in [1.29, 1.82) is 0 Å². The van der Waals surface area contributed by atoms with Crippen molar-refractivity contribution in [3.05, 3.63) is 33.8 Å². The third kappa shape index (κ3) is 5.56. The number of halogens is 2. The van der Waals surface area contributed by atoms with Gasteiger partial charge in [0.15, 0.2) is 0 Å². The van der Waals surface area contributed by atoms with Crippen molar-refractivity contribution >= 4 is 41.2 Å². The van der Waals surface area contributed by atoms with Crippen LogP contribution in [-0.2, 0) is 14.3 Å². The molecule has 2 amide bonds. The molecule has 0 bridgehead atoms. The summed E-state index contributed by atoms with van der Waals surface area (Å²) < 4.78 is 4.73.